The summed E-state index contributed by atoms with van der Waals surface area (Å²) in [4.78, 5) is 26.7. The molecule has 8 nitrogen and oxygen atoms in total. The smallest absolute Gasteiger partial charge is 0.321 e. The molecule has 0 radical (unpaired) electrons. The summed E-state index contributed by atoms with van der Waals surface area (Å²) in [5.74, 6) is -0.448. The SMILES string of the molecule is CNC(=O)NC(=O)C(c1ccccc1)N1CCN(S(=O)(=O)c2ccc(C)cc2C)CC1. The van der Waals surface area contributed by atoms with Crippen molar-refractivity contribution in [2.45, 2.75) is 24.8 Å². The lowest BCUT2D eigenvalue weighted by Crippen LogP contribution is -2.53. The normalized spacial score (nSPS) is 16.5. The number of carbonyl (C=O) groups is 2. The molecule has 2 N–H and O–H groups in total. The summed E-state index contributed by atoms with van der Waals surface area (Å²) in [6, 6.07) is 13.2. The first-order valence-electron chi connectivity index (χ1n) is 10.1. The molecule has 1 aliphatic heterocycles. The van der Waals surface area contributed by atoms with Crippen LogP contribution in [-0.4, -0.2) is 62.8 Å². The van der Waals surface area contributed by atoms with E-state index in [4.69, 9.17) is 0 Å². The quantitative estimate of drug-likeness (QED) is 0.733. The minimum atomic E-state index is -3.62. The number of nitrogens with zero attached hydrogens (tertiary/aromatic N) is 2. The number of benzene rings is 2. The molecule has 0 bridgehead atoms. The maximum Gasteiger partial charge on any atom is 0.321 e. The number of hydrogen-bond acceptors (Lipinski definition) is 5. The van der Waals surface area contributed by atoms with Crippen LogP contribution in [0.1, 0.15) is 22.7 Å². The highest BCUT2D eigenvalue weighted by Crippen LogP contribution is 2.26. The van der Waals surface area contributed by atoms with Crippen LogP contribution in [-0.2, 0) is 14.8 Å². The fourth-order valence-electron chi connectivity index (χ4n) is 3.84. The van der Waals surface area contributed by atoms with Crippen molar-refractivity contribution in [1.82, 2.24) is 19.8 Å². The second-order valence-electron chi connectivity index (χ2n) is 7.59. The van der Waals surface area contributed by atoms with E-state index in [1.54, 1.807) is 19.1 Å². The first-order valence-corrected chi connectivity index (χ1v) is 11.6. The van der Waals surface area contributed by atoms with Gasteiger partial charge in [0.25, 0.3) is 0 Å². The number of rotatable bonds is 5. The van der Waals surface area contributed by atoms with Crippen molar-refractivity contribution >= 4 is 22.0 Å². The van der Waals surface area contributed by atoms with Gasteiger partial charge in [-0.25, -0.2) is 13.2 Å². The Hall–Kier alpha value is -2.75. The highest BCUT2D eigenvalue weighted by atomic mass is 32.2. The molecular formula is C22H28N4O4S. The Kier molecular flexibility index (Phi) is 7.09. The summed E-state index contributed by atoms with van der Waals surface area (Å²) in [6.45, 7) is 4.97. The largest absolute Gasteiger partial charge is 0.341 e. The Bertz CT molecular complexity index is 1050. The summed E-state index contributed by atoms with van der Waals surface area (Å²) in [5, 5.41) is 4.73. The van der Waals surface area contributed by atoms with Crippen LogP contribution in [0.15, 0.2) is 53.4 Å². The third-order valence-corrected chi connectivity index (χ3v) is 7.47. The van der Waals surface area contributed by atoms with E-state index in [0.29, 0.717) is 18.0 Å². The lowest BCUT2D eigenvalue weighted by atomic mass is 10.0. The summed E-state index contributed by atoms with van der Waals surface area (Å²) in [7, 11) is -2.18. The van der Waals surface area contributed by atoms with Crippen LogP contribution in [0.5, 0.6) is 0 Å². The second kappa shape index (κ2) is 9.59. The molecule has 0 saturated carbocycles. The number of carbonyl (C=O) groups excluding carboxylic acids is 2. The molecule has 1 saturated heterocycles. The van der Waals surface area contributed by atoms with Gasteiger partial charge >= 0.3 is 6.03 Å². The number of imide groups is 1. The number of piperazine rings is 1. The molecule has 3 amide bonds. The topological polar surface area (TPSA) is 98.8 Å². The Labute approximate surface area is 183 Å². The van der Waals surface area contributed by atoms with Crippen molar-refractivity contribution in [2.24, 2.45) is 0 Å². The van der Waals surface area contributed by atoms with Crippen molar-refractivity contribution in [3.05, 3.63) is 65.2 Å². The van der Waals surface area contributed by atoms with Gasteiger partial charge in [0, 0.05) is 33.2 Å². The molecule has 0 aliphatic carbocycles. The molecule has 0 spiro atoms. The first kappa shape index (κ1) is 22.9. The third-order valence-electron chi connectivity index (χ3n) is 5.41. The van der Waals surface area contributed by atoms with E-state index in [0.717, 1.165) is 16.7 Å². The first-order chi connectivity index (χ1) is 14.7. The van der Waals surface area contributed by atoms with Crippen LogP contribution in [0.4, 0.5) is 4.79 Å². The van der Waals surface area contributed by atoms with Crippen molar-refractivity contribution in [1.29, 1.82) is 0 Å². The molecule has 2 aromatic rings. The predicted molar refractivity (Wildman–Crippen MR) is 118 cm³/mol. The standard InChI is InChI=1S/C22H28N4O4S/c1-16-9-10-19(17(2)15-16)31(29,30)26-13-11-25(12-14-26)20(18-7-5-4-6-8-18)21(27)24-22(28)23-3/h4-10,15,20H,11-14H2,1-3H3,(H2,23,24,27,28). The van der Waals surface area contributed by atoms with Crippen LogP contribution < -0.4 is 10.6 Å². The maximum atomic E-state index is 13.2. The highest BCUT2D eigenvalue weighted by molar-refractivity contribution is 7.89. The molecule has 1 heterocycles. The second-order valence-corrected chi connectivity index (χ2v) is 9.50. The van der Waals surface area contributed by atoms with E-state index in [2.05, 4.69) is 10.6 Å². The molecule has 166 valence electrons. The molecule has 31 heavy (non-hydrogen) atoms. The zero-order valence-corrected chi connectivity index (χ0v) is 18.8. The van der Waals surface area contributed by atoms with Crippen molar-refractivity contribution in [3.63, 3.8) is 0 Å². The van der Waals surface area contributed by atoms with Crippen LogP contribution in [0.25, 0.3) is 0 Å². The number of hydrogen-bond donors (Lipinski definition) is 2. The third kappa shape index (κ3) is 5.12. The van der Waals surface area contributed by atoms with E-state index in [-0.39, 0.29) is 13.1 Å². The van der Waals surface area contributed by atoms with Gasteiger partial charge in [0.15, 0.2) is 0 Å². The fraction of sp³-hybridized carbons (Fsp3) is 0.364. The molecule has 1 aliphatic rings. The van der Waals surface area contributed by atoms with Crippen LogP contribution >= 0.6 is 0 Å². The molecule has 1 atom stereocenters. The maximum absolute atomic E-state index is 13.2. The molecule has 1 fully saturated rings. The molecule has 0 aromatic heterocycles. The van der Waals surface area contributed by atoms with Gasteiger partial charge in [-0.1, -0.05) is 48.0 Å². The molecule has 3 rings (SSSR count). The summed E-state index contributed by atoms with van der Waals surface area (Å²) in [5.41, 5.74) is 2.47. The average Bonchev–Trinajstić information content (AvgIpc) is 2.74. The molecular weight excluding hydrogens is 416 g/mol. The summed E-state index contributed by atoms with van der Waals surface area (Å²) < 4.78 is 27.8. The molecule has 1 unspecified atom stereocenters. The minimum absolute atomic E-state index is 0.256. The Morgan fingerprint density at radius 2 is 1.61 bits per heavy atom. The minimum Gasteiger partial charge on any atom is -0.341 e. The van der Waals surface area contributed by atoms with E-state index >= 15 is 0 Å². The number of aryl methyl sites for hydroxylation is 2. The Morgan fingerprint density at radius 1 is 0.968 bits per heavy atom. The van der Waals surface area contributed by atoms with Gasteiger partial charge in [-0.15, -0.1) is 0 Å². The molecule has 2 aromatic carbocycles. The van der Waals surface area contributed by atoms with Crippen LogP contribution in [0.3, 0.4) is 0 Å². The number of nitrogens with one attached hydrogen (secondary N) is 2. The average molecular weight is 445 g/mol. The summed E-state index contributed by atoms with van der Waals surface area (Å²) >= 11 is 0. The van der Waals surface area contributed by atoms with Gasteiger partial charge in [0.1, 0.15) is 6.04 Å². The van der Waals surface area contributed by atoms with Gasteiger partial charge in [0.05, 0.1) is 4.90 Å². The van der Waals surface area contributed by atoms with E-state index in [1.165, 1.54) is 11.4 Å². The lowest BCUT2D eigenvalue weighted by molar-refractivity contribution is -0.126. The monoisotopic (exact) mass is 444 g/mol. The van der Waals surface area contributed by atoms with Crippen LogP contribution in [0, 0.1) is 13.8 Å². The van der Waals surface area contributed by atoms with Crippen molar-refractivity contribution in [2.75, 3.05) is 33.2 Å². The fourth-order valence-corrected chi connectivity index (χ4v) is 5.46. The Balaban J connectivity index is 1.79. The van der Waals surface area contributed by atoms with Gasteiger partial charge in [0.2, 0.25) is 15.9 Å². The summed E-state index contributed by atoms with van der Waals surface area (Å²) in [6.07, 6.45) is 0. The van der Waals surface area contributed by atoms with Gasteiger partial charge < -0.3 is 5.32 Å². The zero-order chi connectivity index (χ0) is 22.6. The van der Waals surface area contributed by atoms with Crippen molar-refractivity contribution in [3.8, 4) is 0 Å². The van der Waals surface area contributed by atoms with E-state index < -0.39 is 28.0 Å². The van der Waals surface area contributed by atoms with E-state index in [1.807, 2.05) is 48.2 Å². The van der Waals surface area contributed by atoms with Crippen LogP contribution in [0.2, 0.25) is 0 Å². The zero-order valence-electron chi connectivity index (χ0n) is 18.0. The number of amides is 3. The molecule has 9 heteroatoms. The van der Waals surface area contributed by atoms with Gasteiger partial charge in [-0.3, -0.25) is 15.0 Å². The number of urea groups is 1. The Morgan fingerprint density at radius 3 is 2.19 bits per heavy atom. The highest BCUT2D eigenvalue weighted by Gasteiger charge is 2.35. The van der Waals surface area contributed by atoms with Gasteiger partial charge in [-0.05, 0) is 31.0 Å². The van der Waals surface area contributed by atoms with Gasteiger partial charge in [-0.2, -0.15) is 4.31 Å². The van der Waals surface area contributed by atoms with Crippen molar-refractivity contribution < 1.29 is 18.0 Å². The lowest BCUT2D eigenvalue weighted by Gasteiger charge is -2.38. The number of sulfonamides is 1. The van der Waals surface area contributed by atoms with E-state index in [9.17, 15) is 18.0 Å². The predicted octanol–water partition coefficient (Wildman–Crippen LogP) is 1.81.